The quantitative estimate of drug-likeness (QED) is 0.353. The molecular formula is C27H22F2N2O4. The average Bonchev–Trinajstić information content (AvgIpc) is 3.54. The van der Waals surface area contributed by atoms with Gasteiger partial charge in [-0.1, -0.05) is 54.6 Å². The van der Waals surface area contributed by atoms with E-state index >= 15 is 0 Å². The number of nitrogens with zero attached hydrogens (tertiary/aromatic N) is 2. The molecule has 1 aliphatic heterocycles. The van der Waals surface area contributed by atoms with Gasteiger partial charge >= 0.3 is 5.97 Å². The molecule has 4 aromatic rings. The van der Waals surface area contributed by atoms with Crippen molar-refractivity contribution in [2.45, 2.75) is 18.4 Å². The lowest BCUT2D eigenvalue weighted by Gasteiger charge is -2.29. The van der Waals surface area contributed by atoms with Crippen molar-refractivity contribution in [3.8, 4) is 11.1 Å². The molecule has 0 spiro atoms. The van der Waals surface area contributed by atoms with Gasteiger partial charge in [-0.05, 0) is 23.3 Å². The summed E-state index contributed by atoms with van der Waals surface area (Å²) in [5.41, 5.74) is 2.60. The van der Waals surface area contributed by atoms with Crippen molar-refractivity contribution in [2.75, 3.05) is 13.2 Å². The summed E-state index contributed by atoms with van der Waals surface area (Å²) >= 11 is 0. The predicted molar refractivity (Wildman–Crippen MR) is 123 cm³/mol. The highest BCUT2D eigenvalue weighted by atomic mass is 19.1. The van der Waals surface area contributed by atoms with Gasteiger partial charge in [0, 0.05) is 24.0 Å². The van der Waals surface area contributed by atoms with E-state index < -0.39 is 29.5 Å². The van der Waals surface area contributed by atoms with Crippen molar-refractivity contribution < 1.29 is 27.8 Å². The fourth-order valence-electron chi connectivity index (χ4n) is 4.04. The Hall–Kier alpha value is -3.88. The summed E-state index contributed by atoms with van der Waals surface area (Å²) in [7, 11) is 0. The Morgan fingerprint density at radius 1 is 1.06 bits per heavy atom. The number of benzene rings is 3. The van der Waals surface area contributed by atoms with Crippen LogP contribution < -0.4 is 0 Å². The minimum Gasteiger partial charge on any atom is -0.459 e. The molecule has 0 aliphatic carbocycles. The number of hydrogen-bond acceptors (Lipinski definition) is 5. The second-order valence-corrected chi connectivity index (χ2v) is 8.20. The molecule has 1 aromatic heterocycles. The first-order chi connectivity index (χ1) is 17.0. The van der Waals surface area contributed by atoms with Gasteiger partial charge < -0.3 is 18.8 Å². The molecule has 6 nitrogen and oxygen atoms in total. The third-order valence-electron chi connectivity index (χ3n) is 5.79. The molecule has 2 atom stereocenters. The van der Waals surface area contributed by atoms with Crippen molar-refractivity contribution in [1.29, 1.82) is 0 Å². The Labute approximate surface area is 200 Å². The number of hydrogen-bond donors (Lipinski definition) is 0. The zero-order valence-electron chi connectivity index (χ0n) is 18.6. The van der Waals surface area contributed by atoms with Crippen LogP contribution in [0.5, 0.6) is 0 Å². The predicted octanol–water partition coefficient (Wildman–Crippen LogP) is 4.95. The van der Waals surface area contributed by atoms with Crippen LogP contribution in [0.4, 0.5) is 8.78 Å². The molecule has 0 amide bonds. The van der Waals surface area contributed by atoms with E-state index in [2.05, 4.69) is 4.98 Å². The van der Waals surface area contributed by atoms with E-state index in [-0.39, 0.29) is 18.8 Å². The maximum Gasteiger partial charge on any atom is 0.341 e. The molecule has 1 fully saturated rings. The highest BCUT2D eigenvalue weighted by Gasteiger charge is 2.44. The first kappa shape index (κ1) is 22.9. The lowest BCUT2D eigenvalue weighted by atomic mass is 10.00. The molecule has 178 valence electrons. The third-order valence-corrected chi connectivity index (χ3v) is 5.79. The van der Waals surface area contributed by atoms with Gasteiger partial charge in [-0.25, -0.2) is 18.6 Å². The fraction of sp³-hybridized carbons (Fsp3) is 0.185. The lowest BCUT2D eigenvalue weighted by Crippen LogP contribution is -2.34. The van der Waals surface area contributed by atoms with Gasteiger partial charge in [0.2, 0.25) is 5.79 Å². The first-order valence-electron chi connectivity index (χ1n) is 11.1. The summed E-state index contributed by atoms with van der Waals surface area (Å²) in [4.78, 5) is 16.4. The summed E-state index contributed by atoms with van der Waals surface area (Å²) < 4.78 is 46.6. The Bertz CT molecular complexity index is 1300. The summed E-state index contributed by atoms with van der Waals surface area (Å²) in [6.45, 7) is 0.340. The molecule has 35 heavy (non-hydrogen) atoms. The average molecular weight is 476 g/mol. The molecule has 1 saturated heterocycles. The van der Waals surface area contributed by atoms with Gasteiger partial charge in [-0.2, -0.15) is 0 Å². The van der Waals surface area contributed by atoms with Crippen molar-refractivity contribution in [3.05, 3.63) is 114 Å². The molecule has 0 unspecified atom stereocenters. The van der Waals surface area contributed by atoms with Gasteiger partial charge in [-0.3, -0.25) is 0 Å². The van der Waals surface area contributed by atoms with Crippen LogP contribution >= 0.6 is 0 Å². The van der Waals surface area contributed by atoms with Crippen molar-refractivity contribution in [1.82, 2.24) is 9.55 Å². The molecule has 0 saturated carbocycles. The largest absolute Gasteiger partial charge is 0.459 e. The molecule has 5 rings (SSSR count). The summed E-state index contributed by atoms with van der Waals surface area (Å²) in [6.07, 6.45) is 4.55. The van der Waals surface area contributed by atoms with Crippen molar-refractivity contribution in [3.63, 3.8) is 0 Å². The monoisotopic (exact) mass is 476 g/mol. The van der Waals surface area contributed by atoms with Crippen LogP contribution in [0, 0.1) is 11.6 Å². The van der Waals surface area contributed by atoms with E-state index in [0.29, 0.717) is 12.6 Å². The Balaban J connectivity index is 1.33. The second-order valence-electron chi connectivity index (χ2n) is 8.20. The van der Waals surface area contributed by atoms with E-state index in [0.717, 1.165) is 28.8 Å². The Morgan fingerprint density at radius 3 is 2.54 bits per heavy atom. The number of carbonyl (C=O) groups excluding carboxylic acids is 1. The number of imidazole rings is 1. The number of ether oxygens (including phenoxy) is 3. The smallest absolute Gasteiger partial charge is 0.341 e. The second kappa shape index (κ2) is 9.77. The third kappa shape index (κ3) is 4.99. The number of rotatable bonds is 7. The molecule has 1 aliphatic rings. The molecule has 0 N–H and O–H groups in total. The zero-order valence-corrected chi connectivity index (χ0v) is 18.6. The minimum absolute atomic E-state index is 0.149. The van der Waals surface area contributed by atoms with E-state index in [4.69, 9.17) is 14.2 Å². The van der Waals surface area contributed by atoms with Crippen LogP contribution in [-0.2, 0) is 26.5 Å². The van der Waals surface area contributed by atoms with Crippen LogP contribution in [0.25, 0.3) is 11.1 Å². The van der Waals surface area contributed by atoms with E-state index in [1.54, 1.807) is 18.7 Å². The van der Waals surface area contributed by atoms with Crippen LogP contribution in [0.3, 0.4) is 0 Å². The summed E-state index contributed by atoms with van der Waals surface area (Å²) in [5.74, 6) is -3.78. The highest BCUT2D eigenvalue weighted by molar-refractivity contribution is 5.89. The standard InChI is InChI=1S/C27H22F2N2O4/c28-22-10-11-24(25(29)14-22)26(32)33-15-23-16-34-27(35-23,17-31-13-12-30-18-31)21-8-6-20(7-9-21)19-4-2-1-3-5-19/h1-14,18,23H,15-17H2/t23-,27-/m0/s1. The molecule has 0 radical (unpaired) electrons. The number of halogens is 2. The number of aromatic nitrogens is 2. The van der Waals surface area contributed by atoms with Gasteiger partial charge in [0.15, 0.2) is 0 Å². The van der Waals surface area contributed by atoms with E-state index in [1.807, 2.05) is 59.2 Å². The van der Waals surface area contributed by atoms with Gasteiger partial charge in [0.05, 0.1) is 25.0 Å². The summed E-state index contributed by atoms with van der Waals surface area (Å²) in [6, 6.07) is 20.6. The van der Waals surface area contributed by atoms with Crippen LogP contribution in [0.15, 0.2) is 91.5 Å². The Kier molecular flexibility index (Phi) is 6.39. The van der Waals surface area contributed by atoms with Crippen LogP contribution in [0.2, 0.25) is 0 Å². The van der Waals surface area contributed by atoms with Gasteiger partial charge in [0.25, 0.3) is 0 Å². The zero-order chi connectivity index (χ0) is 24.3. The molecule has 8 heteroatoms. The molecular weight excluding hydrogens is 454 g/mol. The minimum atomic E-state index is -1.13. The SMILES string of the molecule is O=C(OC[C@H]1CO[C@](Cn2ccnc2)(c2ccc(-c3ccccc3)cc2)O1)c1ccc(F)cc1F. The maximum atomic E-state index is 13.9. The Morgan fingerprint density at radius 2 is 1.83 bits per heavy atom. The fourth-order valence-corrected chi connectivity index (χ4v) is 4.04. The maximum absolute atomic E-state index is 13.9. The number of esters is 1. The normalized spacial score (nSPS) is 19.5. The molecule has 0 bridgehead atoms. The highest BCUT2D eigenvalue weighted by Crippen LogP contribution is 2.37. The van der Waals surface area contributed by atoms with Gasteiger partial charge in [0.1, 0.15) is 24.3 Å². The van der Waals surface area contributed by atoms with E-state index in [1.165, 1.54) is 0 Å². The van der Waals surface area contributed by atoms with Crippen LogP contribution in [0.1, 0.15) is 15.9 Å². The molecule has 3 aromatic carbocycles. The number of carbonyl (C=O) groups is 1. The van der Waals surface area contributed by atoms with Crippen molar-refractivity contribution in [2.24, 2.45) is 0 Å². The van der Waals surface area contributed by atoms with E-state index in [9.17, 15) is 13.6 Å². The first-order valence-corrected chi connectivity index (χ1v) is 11.1. The summed E-state index contributed by atoms with van der Waals surface area (Å²) in [5, 5.41) is 0. The molecule has 2 heterocycles. The topological polar surface area (TPSA) is 62.6 Å². The van der Waals surface area contributed by atoms with Gasteiger partial charge in [-0.15, -0.1) is 0 Å². The van der Waals surface area contributed by atoms with Crippen LogP contribution in [-0.4, -0.2) is 34.8 Å². The van der Waals surface area contributed by atoms with Crippen molar-refractivity contribution >= 4 is 5.97 Å². The lowest BCUT2D eigenvalue weighted by molar-refractivity contribution is -0.190.